The van der Waals surface area contributed by atoms with Crippen LogP contribution in [-0.4, -0.2) is 86.4 Å². The third kappa shape index (κ3) is 9.37. The van der Waals surface area contributed by atoms with Crippen LogP contribution < -0.4 is 15.4 Å². The molecule has 46 heavy (non-hydrogen) atoms. The predicted octanol–water partition coefficient (Wildman–Crippen LogP) is 3.29. The second-order valence-corrected chi connectivity index (χ2v) is 12.4. The van der Waals surface area contributed by atoms with Gasteiger partial charge in [0.15, 0.2) is 5.76 Å². The molecule has 4 rings (SSSR count). The Bertz CT molecular complexity index is 1610. The van der Waals surface area contributed by atoms with E-state index in [1.807, 2.05) is 12.1 Å². The van der Waals surface area contributed by atoms with Crippen LogP contribution in [0.2, 0.25) is 5.02 Å². The van der Waals surface area contributed by atoms with E-state index in [1.165, 1.54) is 43.5 Å². The molecule has 0 unspecified atom stereocenters. The van der Waals surface area contributed by atoms with Crippen LogP contribution >= 0.6 is 11.6 Å². The quantitative estimate of drug-likeness (QED) is 0.115. The lowest BCUT2D eigenvalue weighted by molar-refractivity contribution is -0.385. The standard InChI is InChI=1S/C30H34ClN5O9S/c1-43-25-7-9-26(10-8-25)46(41,42)35(14-16-37)15-17-44-29-19-22(21-2-4-23(31)5-3-21)18-27(45-29)30(38)33-13-12-32-28-11-6-24(20-34-28)36(39)40/h2-11,18,20,22,29,37H,12-17,19H2,1H3,(H,32,34)(H,33,38)/t22-,29+/m0/s1. The van der Waals surface area contributed by atoms with Gasteiger partial charge in [0.1, 0.15) is 17.8 Å². The molecule has 0 aliphatic carbocycles. The fourth-order valence-electron chi connectivity index (χ4n) is 4.56. The second kappa shape index (κ2) is 16.3. The zero-order valence-corrected chi connectivity index (χ0v) is 26.4. The molecule has 0 spiro atoms. The number of hydrogen-bond donors (Lipinski definition) is 3. The highest BCUT2D eigenvalue weighted by atomic mass is 35.5. The van der Waals surface area contributed by atoms with Crippen molar-refractivity contribution >= 4 is 39.0 Å². The monoisotopic (exact) mass is 675 g/mol. The van der Waals surface area contributed by atoms with Gasteiger partial charge in [-0.25, -0.2) is 13.4 Å². The molecule has 1 amide bonds. The number of nitro groups is 1. The zero-order valence-electron chi connectivity index (χ0n) is 24.9. The molecule has 0 bridgehead atoms. The number of sulfonamides is 1. The van der Waals surface area contributed by atoms with Crippen molar-refractivity contribution in [3.63, 3.8) is 0 Å². The Morgan fingerprint density at radius 3 is 2.50 bits per heavy atom. The molecule has 1 aliphatic rings. The summed E-state index contributed by atoms with van der Waals surface area (Å²) in [6, 6.07) is 15.9. The number of carbonyl (C=O) groups is 1. The van der Waals surface area contributed by atoms with E-state index >= 15 is 0 Å². The maximum absolute atomic E-state index is 13.2. The number of rotatable bonds is 16. The second-order valence-electron chi connectivity index (χ2n) is 9.99. The summed E-state index contributed by atoms with van der Waals surface area (Å²) in [6.45, 7) is -0.214. The lowest BCUT2D eigenvalue weighted by Gasteiger charge is -2.30. The summed E-state index contributed by atoms with van der Waals surface area (Å²) in [4.78, 5) is 27.4. The number of nitrogens with one attached hydrogen (secondary N) is 2. The highest BCUT2D eigenvalue weighted by Crippen LogP contribution is 2.32. The first kappa shape index (κ1) is 34.6. The van der Waals surface area contributed by atoms with Crippen LogP contribution in [0.25, 0.3) is 0 Å². The lowest BCUT2D eigenvalue weighted by Crippen LogP contribution is -2.38. The molecule has 1 aliphatic heterocycles. The van der Waals surface area contributed by atoms with Gasteiger partial charge in [-0.05, 0) is 54.1 Å². The third-order valence-corrected chi connectivity index (χ3v) is 9.11. The molecule has 3 N–H and O–H groups in total. The van der Waals surface area contributed by atoms with Crippen LogP contribution in [0.4, 0.5) is 11.5 Å². The number of amides is 1. The predicted molar refractivity (Wildman–Crippen MR) is 169 cm³/mol. The van der Waals surface area contributed by atoms with Gasteiger partial charge in [0.2, 0.25) is 16.3 Å². The molecule has 2 heterocycles. The van der Waals surface area contributed by atoms with Gasteiger partial charge < -0.3 is 30.0 Å². The largest absolute Gasteiger partial charge is 0.497 e. The third-order valence-electron chi connectivity index (χ3n) is 6.95. The summed E-state index contributed by atoms with van der Waals surface area (Å²) in [7, 11) is -2.46. The van der Waals surface area contributed by atoms with Gasteiger partial charge in [-0.2, -0.15) is 4.31 Å². The van der Waals surface area contributed by atoms with Crippen molar-refractivity contribution in [2.75, 3.05) is 51.8 Å². The van der Waals surface area contributed by atoms with Crippen molar-refractivity contribution in [1.29, 1.82) is 0 Å². The molecule has 246 valence electrons. The van der Waals surface area contributed by atoms with Crippen molar-refractivity contribution in [2.45, 2.75) is 23.5 Å². The maximum atomic E-state index is 13.2. The average Bonchev–Trinajstić information content (AvgIpc) is 3.06. The van der Waals surface area contributed by atoms with Crippen molar-refractivity contribution in [1.82, 2.24) is 14.6 Å². The number of hydrogen-bond acceptors (Lipinski definition) is 11. The normalized spacial score (nSPS) is 16.3. The average molecular weight is 676 g/mol. The van der Waals surface area contributed by atoms with E-state index in [0.717, 1.165) is 16.1 Å². The van der Waals surface area contributed by atoms with Crippen molar-refractivity contribution in [3.8, 4) is 5.75 Å². The van der Waals surface area contributed by atoms with E-state index in [-0.39, 0.29) is 55.0 Å². The molecule has 14 nitrogen and oxygen atoms in total. The minimum Gasteiger partial charge on any atom is -0.497 e. The van der Waals surface area contributed by atoms with Crippen LogP contribution in [0.5, 0.6) is 5.75 Å². The summed E-state index contributed by atoms with van der Waals surface area (Å²) in [5, 5.41) is 26.6. The van der Waals surface area contributed by atoms with Crippen LogP contribution in [0.3, 0.4) is 0 Å². The van der Waals surface area contributed by atoms with Crippen LogP contribution in [0.1, 0.15) is 17.9 Å². The van der Waals surface area contributed by atoms with Gasteiger partial charge in [-0.15, -0.1) is 0 Å². The number of methoxy groups -OCH3 is 1. The van der Waals surface area contributed by atoms with Crippen LogP contribution in [0.15, 0.2) is 83.6 Å². The Balaban J connectivity index is 1.38. The Kier molecular flexibility index (Phi) is 12.3. The first-order chi connectivity index (χ1) is 22.1. The smallest absolute Gasteiger partial charge is 0.287 e. The number of aromatic nitrogens is 1. The fourth-order valence-corrected chi connectivity index (χ4v) is 6.10. The molecular weight excluding hydrogens is 642 g/mol. The number of allylic oxidation sites excluding steroid dienone is 1. The molecule has 2 atom stereocenters. The van der Waals surface area contributed by atoms with Gasteiger partial charge in [-0.1, -0.05) is 23.7 Å². The number of ether oxygens (including phenoxy) is 3. The summed E-state index contributed by atoms with van der Waals surface area (Å²) in [5.74, 6) is 0.188. The Morgan fingerprint density at radius 1 is 1.13 bits per heavy atom. The summed E-state index contributed by atoms with van der Waals surface area (Å²) in [6.07, 6.45) is 2.29. The number of anilines is 1. The summed E-state index contributed by atoms with van der Waals surface area (Å²) >= 11 is 6.07. The van der Waals surface area contributed by atoms with Gasteiger partial charge in [0, 0.05) is 49.6 Å². The topological polar surface area (TPSA) is 182 Å². The van der Waals surface area contributed by atoms with Gasteiger partial charge in [0.25, 0.3) is 11.6 Å². The SMILES string of the molecule is COc1ccc(S(=O)(=O)N(CCO)CCO[C@H]2C[C@@H](c3ccc(Cl)cc3)C=C(C(=O)NCCNc3ccc([N+](=O)[O-])cn3)O2)cc1. The van der Waals surface area contributed by atoms with Gasteiger partial charge in [-0.3, -0.25) is 14.9 Å². The van der Waals surface area contributed by atoms with E-state index < -0.39 is 33.8 Å². The first-order valence-electron chi connectivity index (χ1n) is 14.2. The van der Waals surface area contributed by atoms with E-state index in [2.05, 4.69) is 15.6 Å². The van der Waals surface area contributed by atoms with Crippen molar-refractivity contribution in [2.24, 2.45) is 0 Å². The molecule has 16 heteroatoms. The van der Waals surface area contributed by atoms with Crippen LogP contribution in [-0.2, 0) is 24.3 Å². The molecule has 0 saturated heterocycles. The van der Waals surface area contributed by atoms with E-state index in [1.54, 1.807) is 18.2 Å². The maximum Gasteiger partial charge on any atom is 0.287 e. The highest BCUT2D eigenvalue weighted by molar-refractivity contribution is 7.89. The fraction of sp³-hybridized carbons (Fsp3) is 0.333. The lowest BCUT2D eigenvalue weighted by atomic mass is 9.93. The van der Waals surface area contributed by atoms with E-state index in [9.17, 15) is 28.4 Å². The number of benzene rings is 2. The number of carbonyl (C=O) groups excluding carboxylic acids is 1. The summed E-state index contributed by atoms with van der Waals surface area (Å²) < 4.78 is 44.5. The molecule has 0 fully saturated rings. The molecular formula is C30H34ClN5O9S. The minimum absolute atomic E-state index is 0.0303. The van der Waals surface area contributed by atoms with E-state index in [0.29, 0.717) is 23.0 Å². The first-order valence-corrected chi connectivity index (χ1v) is 16.1. The molecule has 0 radical (unpaired) electrons. The number of pyridine rings is 1. The highest BCUT2D eigenvalue weighted by Gasteiger charge is 2.30. The Labute approximate surface area is 271 Å². The summed E-state index contributed by atoms with van der Waals surface area (Å²) in [5.41, 5.74) is 0.744. The van der Waals surface area contributed by atoms with E-state index in [4.69, 9.17) is 25.8 Å². The van der Waals surface area contributed by atoms with Crippen LogP contribution in [0, 0.1) is 10.1 Å². The Morgan fingerprint density at radius 2 is 1.87 bits per heavy atom. The van der Waals surface area contributed by atoms with Gasteiger partial charge >= 0.3 is 0 Å². The zero-order chi connectivity index (χ0) is 33.1. The number of aliphatic hydroxyl groups excluding tert-OH is 1. The molecule has 1 aromatic heterocycles. The number of nitrogens with zero attached hydrogens (tertiary/aromatic N) is 3. The number of halogens is 1. The number of aliphatic hydroxyl groups is 1. The van der Waals surface area contributed by atoms with Gasteiger partial charge in [0.05, 0.1) is 30.1 Å². The Hall–Kier alpha value is -4.28. The van der Waals surface area contributed by atoms with Crippen molar-refractivity contribution < 1.29 is 37.5 Å². The van der Waals surface area contributed by atoms with Crippen molar-refractivity contribution in [3.05, 3.63) is 99.4 Å². The molecule has 0 saturated carbocycles. The molecule has 3 aromatic rings. The molecule has 2 aromatic carbocycles. The minimum atomic E-state index is -3.94.